The van der Waals surface area contributed by atoms with Crippen LogP contribution in [0.3, 0.4) is 0 Å². The molecule has 0 spiro atoms. The van der Waals surface area contributed by atoms with E-state index in [2.05, 4.69) is 36.1 Å². The monoisotopic (exact) mass is 335 g/mol. The van der Waals surface area contributed by atoms with E-state index in [0.29, 0.717) is 13.2 Å². The lowest BCUT2D eigenvalue weighted by molar-refractivity contribution is -0.0594. The van der Waals surface area contributed by atoms with Gasteiger partial charge in [-0.25, -0.2) is 0 Å². The van der Waals surface area contributed by atoms with Crippen LogP contribution in [0.25, 0.3) is 0 Å². The van der Waals surface area contributed by atoms with Crippen LogP contribution in [-0.4, -0.2) is 54.1 Å². The van der Waals surface area contributed by atoms with Gasteiger partial charge in [0, 0.05) is 26.2 Å². The molecule has 24 heavy (non-hydrogen) atoms. The van der Waals surface area contributed by atoms with Crippen molar-refractivity contribution in [2.24, 2.45) is 0 Å². The topological polar surface area (TPSA) is 41.9 Å². The molecule has 4 heteroatoms. The Kier molecular flexibility index (Phi) is 7.23. The predicted octanol–water partition coefficient (Wildman–Crippen LogP) is 3.15. The molecule has 136 valence electrons. The Labute approximate surface area is 146 Å². The summed E-state index contributed by atoms with van der Waals surface area (Å²) in [5.74, 6) is 0. The highest BCUT2D eigenvalue weighted by atomic mass is 16.5. The Morgan fingerprint density at radius 2 is 2.00 bits per heavy atom. The van der Waals surface area contributed by atoms with E-state index in [9.17, 15) is 5.11 Å². The first kappa shape index (κ1) is 19.4. The Morgan fingerprint density at radius 3 is 2.58 bits per heavy atom. The largest absolute Gasteiger partial charge is 0.389 e. The summed E-state index contributed by atoms with van der Waals surface area (Å²) >= 11 is 0. The van der Waals surface area contributed by atoms with Crippen molar-refractivity contribution in [1.82, 2.24) is 4.90 Å². The smallest absolute Gasteiger partial charge is 0.0900 e. The molecule has 1 saturated heterocycles. The molecule has 0 radical (unpaired) electrons. The van der Waals surface area contributed by atoms with E-state index in [-0.39, 0.29) is 11.7 Å². The zero-order chi connectivity index (χ0) is 17.6. The fourth-order valence-electron chi connectivity index (χ4n) is 2.93. The molecule has 0 amide bonds. The molecule has 1 aliphatic rings. The Balaban J connectivity index is 1.92. The molecule has 2 rings (SSSR count). The van der Waals surface area contributed by atoms with Gasteiger partial charge in [-0.2, -0.15) is 0 Å². The first-order valence-electron chi connectivity index (χ1n) is 9.03. The van der Waals surface area contributed by atoms with Crippen molar-refractivity contribution in [2.75, 3.05) is 26.3 Å². The first-order valence-corrected chi connectivity index (χ1v) is 9.03. The summed E-state index contributed by atoms with van der Waals surface area (Å²) in [5.41, 5.74) is 2.31. The van der Waals surface area contributed by atoms with Crippen LogP contribution in [0.5, 0.6) is 0 Å². The zero-order valence-corrected chi connectivity index (χ0v) is 15.6. The molecule has 2 unspecified atom stereocenters. The van der Waals surface area contributed by atoms with Gasteiger partial charge in [0.05, 0.1) is 24.4 Å². The van der Waals surface area contributed by atoms with Gasteiger partial charge < -0.3 is 14.6 Å². The van der Waals surface area contributed by atoms with Crippen molar-refractivity contribution in [2.45, 2.75) is 64.9 Å². The van der Waals surface area contributed by atoms with Crippen LogP contribution in [-0.2, 0) is 16.0 Å². The number of rotatable bonds is 8. The van der Waals surface area contributed by atoms with Crippen LogP contribution in [0.1, 0.15) is 44.7 Å². The van der Waals surface area contributed by atoms with Gasteiger partial charge in [-0.05, 0) is 46.1 Å². The molecule has 1 fully saturated rings. The molecule has 0 aromatic heterocycles. The molecule has 1 aromatic rings. The number of hydrogen-bond acceptors (Lipinski definition) is 4. The maximum absolute atomic E-state index is 10.4. The second kappa shape index (κ2) is 8.95. The summed E-state index contributed by atoms with van der Waals surface area (Å²) in [7, 11) is 0. The highest BCUT2D eigenvalue weighted by molar-refractivity contribution is 5.21. The van der Waals surface area contributed by atoms with Gasteiger partial charge in [-0.1, -0.05) is 29.8 Å². The van der Waals surface area contributed by atoms with E-state index in [1.54, 1.807) is 0 Å². The molecule has 1 aromatic carbocycles. The second-order valence-electron chi connectivity index (χ2n) is 7.89. The summed E-state index contributed by atoms with van der Waals surface area (Å²) in [6.45, 7) is 11.6. The lowest BCUT2D eigenvalue weighted by Gasteiger charge is -2.29. The average Bonchev–Trinajstić information content (AvgIpc) is 3.00. The highest BCUT2D eigenvalue weighted by Crippen LogP contribution is 2.16. The average molecular weight is 335 g/mol. The number of benzene rings is 1. The molecule has 1 heterocycles. The normalized spacial score (nSPS) is 19.8. The van der Waals surface area contributed by atoms with Gasteiger partial charge >= 0.3 is 0 Å². The van der Waals surface area contributed by atoms with E-state index in [0.717, 1.165) is 32.5 Å². The summed E-state index contributed by atoms with van der Waals surface area (Å²) < 4.78 is 11.5. The minimum Gasteiger partial charge on any atom is -0.389 e. The van der Waals surface area contributed by atoms with Crippen LogP contribution in [0, 0.1) is 6.92 Å². The predicted molar refractivity (Wildman–Crippen MR) is 97.1 cm³/mol. The van der Waals surface area contributed by atoms with Crippen LogP contribution in [0.15, 0.2) is 24.3 Å². The summed E-state index contributed by atoms with van der Waals surface area (Å²) in [4.78, 5) is 2.29. The van der Waals surface area contributed by atoms with Crippen LogP contribution in [0.2, 0.25) is 0 Å². The maximum atomic E-state index is 10.4. The number of aliphatic hydroxyl groups excluding tert-OH is 1. The number of ether oxygens (including phenoxy) is 2. The van der Waals surface area contributed by atoms with Gasteiger partial charge in [-0.3, -0.25) is 4.90 Å². The van der Waals surface area contributed by atoms with Crippen molar-refractivity contribution in [3.05, 3.63) is 35.4 Å². The second-order valence-corrected chi connectivity index (χ2v) is 7.89. The molecular weight excluding hydrogens is 302 g/mol. The SMILES string of the molecule is Cc1ccc(CN(CC(O)COC(C)(C)C)CC2CCCO2)cc1. The molecule has 0 bridgehead atoms. The van der Waals surface area contributed by atoms with E-state index in [1.807, 2.05) is 20.8 Å². The van der Waals surface area contributed by atoms with Crippen molar-refractivity contribution < 1.29 is 14.6 Å². The van der Waals surface area contributed by atoms with Gasteiger partial charge in [0.1, 0.15) is 0 Å². The Bertz CT molecular complexity index is 475. The maximum Gasteiger partial charge on any atom is 0.0900 e. The molecule has 2 atom stereocenters. The van der Waals surface area contributed by atoms with E-state index in [4.69, 9.17) is 9.47 Å². The van der Waals surface area contributed by atoms with Crippen LogP contribution < -0.4 is 0 Å². The molecule has 0 aliphatic carbocycles. The summed E-state index contributed by atoms with van der Waals surface area (Å²) in [6.07, 6.45) is 2.04. The van der Waals surface area contributed by atoms with Crippen molar-refractivity contribution in [3.63, 3.8) is 0 Å². The molecule has 1 aliphatic heterocycles. The fraction of sp³-hybridized carbons (Fsp3) is 0.700. The Hall–Kier alpha value is -0.940. The molecule has 0 saturated carbocycles. The number of aliphatic hydroxyl groups is 1. The first-order chi connectivity index (χ1) is 11.3. The minimum atomic E-state index is -0.490. The Morgan fingerprint density at radius 1 is 1.29 bits per heavy atom. The van der Waals surface area contributed by atoms with Crippen molar-refractivity contribution >= 4 is 0 Å². The van der Waals surface area contributed by atoms with Gasteiger partial charge in [-0.15, -0.1) is 0 Å². The van der Waals surface area contributed by atoms with Gasteiger partial charge in [0.2, 0.25) is 0 Å². The van der Waals surface area contributed by atoms with Crippen LogP contribution >= 0.6 is 0 Å². The lowest BCUT2D eigenvalue weighted by Crippen LogP contribution is -2.40. The molecule has 4 nitrogen and oxygen atoms in total. The van der Waals surface area contributed by atoms with Crippen LogP contribution in [0.4, 0.5) is 0 Å². The standard InChI is InChI=1S/C20H33NO3/c1-16-7-9-17(10-8-16)12-21(14-19-6-5-11-23-19)13-18(22)15-24-20(2,3)4/h7-10,18-19,22H,5-6,11-15H2,1-4H3. The third-order valence-corrected chi connectivity index (χ3v) is 4.19. The van der Waals surface area contributed by atoms with E-state index in [1.165, 1.54) is 11.1 Å². The zero-order valence-electron chi connectivity index (χ0n) is 15.6. The summed E-state index contributed by atoms with van der Waals surface area (Å²) in [5, 5.41) is 10.4. The lowest BCUT2D eigenvalue weighted by atomic mass is 10.1. The van der Waals surface area contributed by atoms with Gasteiger partial charge in [0.25, 0.3) is 0 Å². The quantitative estimate of drug-likeness (QED) is 0.792. The summed E-state index contributed by atoms with van der Waals surface area (Å²) in [6, 6.07) is 8.60. The fourth-order valence-corrected chi connectivity index (χ4v) is 2.93. The number of nitrogens with zero attached hydrogens (tertiary/aromatic N) is 1. The van der Waals surface area contributed by atoms with E-state index >= 15 is 0 Å². The van der Waals surface area contributed by atoms with Crippen molar-refractivity contribution in [1.29, 1.82) is 0 Å². The molecule has 1 N–H and O–H groups in total. The highest BCUT2D eigenvalue weighted by Gasteiger charge is 2.22. The van der Waals surface area contributed by atoms with Gasteiger partial charge in [0.15, 0.2) is 0 Å². The van der Waals surface area contributed by atoms with E-state index < -0.39 is 6.10 Å². The third-order valence-electron chi connectivity index (χ3n) is 4.19. The minimum absolute atomic E-state index is 0.225. The number of aryl methyl sites for hydroxylation is 1. The third kappa shape index (κ3) is 7.31. The molecular formula is C20H33NO3. The van der Waals surface area contributed by atoms with Crippen molar-refractivity contribution in [3.8, 4) is 0 Å². The number of hydrogen-bond donors (Lipinski definition) is 1.